The Labute approximate surface area is 126 Å². The molecule has 20 heavy (non-hydrogen) atoms. The van der Waals surface area contributed by atoms with Crippen LogP contribution in [-0.4, -0.2) is 0 Å². The molecule has 2 rings (SSSR count). The van der Waals surface area contributed by atoms with E-state index in [9.17, 15) is 4.39 Å². The lowest BCUT2D eigenvalue weighted by Crippen LogP contribution is -2.19. The number of halogens is 2. The summed E-state index contributed by atoms with van der Waals surface area (Å²) in [7, 11) is 0. The molecule has 102 valence electrons. The molecule has 0 aliphatic heterocycles. The van der Waals surface area contributed by atoms with Crippen LogP contribution in [0.3, 0.4) is 0 Å². The van der Waals surface area contributed by atoms with Crippen molar-refractivity contribution in [3.05, 3.63) is 69.4 Å². The minimum Gasteiger partial charge on any atom is -0.306 e. The Bertz CT molecular complexity index is 632. The molecule has 0 saturated carbocycles. The van der Waals surface area contributed by atoms with Gasteiger partial charge in [0.1, 0.15) is 5.82 Å². The van der Waals surface area contributed by atoms with Gasteiger partial charge in [-0.05, 0) is 42.8 Å². The quantitative estimate of drug-likeness (QED) is 0.905. The number of hydrogen-bond donors (Lipinski definition) is 1. The molecule has 2 aromatic rings. The molecule has 0 heterocycles. The minimum absolute atomic E-state index is 0.0943. The smallest absolute Gasteiger partial charge is 0.128 e. The largest absolute Gasteiger partial charge is 0.306 e. The van der Waals surface area contributed by atoms with Crippen LogP contribution in [0.4, 0.5) is 4.39 Å². The summed E-state index contributed by atoms with van der Waals surface area (Å²) < 4.78 is 14.6. The van der Waals surface area contributed by atoms with Crippen LogP contribution in [0.15, 0.2) is 46.9 Å². The Morgan fingerprint density at radius 3 is 2.60 bits per heavy atom. The molecule has 2 nitrogen and oxygen atoms in total. The van der Waals surface area contributed by atoms with Crippen molar-refractivity contribution in [2.75, 3.05) is 0 Å². The van der Waals surface area contributed by atoms with Crippen LogP contribution in [-0.2, 0) is 6.54 Å². The molecule has 1 atom stereocenters. The number of nitrogens with one attached hydrogen (secondary N) is 1. The van der Waals surface area contributed by atoms with Crippen LogP contribution >= 0.6 is 15.9 Å². The first kappa shape index (κ1) is 14.7. The molecular weight excluding hydrogens is 319 g/mol. The van der Waals surface area contributed by atoms with E-state index in [0.717, 1.165) is 10.0 Å². The molecule has 0 fully saturated rings. The minimum atomic E-state index is -0.215. The second-order valence-electron chi connectivity index (χ2n) is 4.58. The van der Waals surface area contributed by atoms with Gasteiger partial charge in [-0.15, -0.1) is 0 Å². The molecule has 0 bridgehead atoms. The predicted molar refractivity (Wildman–Crippen MR) is 80.5 cm³/mol. The van der Waals surface area contributed by atoms with Gasteiger partial charge in [-0.3, -0.25) is 0 Å². The number of rotatable bonds is 4. The summed E-state index contributed by atoms with van der Waals surface area (Å²) in [5.41, 5.74) is 2.33. The van der Waals surface area contributed by atoms with Gasteiger partial charge in [0.25, 0.3) is 0 Å². The number of benzene rings is 2. The average molecular weight is 333 g/mol. The van der Waals surface area contributed by atoms with Gasteiger partial charge >= 0.3 is 0 Å². The Morgan fingerprint density at radius 1 is 1.25 bits per heavy atom. The summed E-state index contributed by atoms with van der Waals surface area (Å²) in [5.74, 6) is -0.215. The summed E-state index contributed by atoms with van der Waals surface area (Å²) >= 11 is 3.35. The Morgan fingerprint density at radius 2 is 1.95 bits per heavy atom. The van der Waals surface area contributed by atoms with Crippen LogP contribution in [0, 0.1) is 17.1 Å². The summed E-state index contributed by atoms with van der Waals surface area (Å²) in [6.07, 6.45) is 0. The Kier molecular flexibility index (Phi) is 4.89. The molecule has 0 aliphatic carbocycles. The maximum absolute atomic E-state index is 13.7. The zero-order valence-electron chi connectivity index (χ0n) is 11.0. The fourth-order valence-electron chi connectivity index (χ4n) is 1.92. The van der Waals surface area contributed by atoms with Crippen molar-refractivity contribution in [3.8, 4) is 6.07 Å². The van der Waals surface area contributed by atoms with E-state index in [2.05, 4.69) is 27.3 Å². The van der Waals surface area contributed by atoms with Crippen molar-refractivity contribution in [3.63, 3.8) is 0 Å². The fraction of sp³-hybridized carbons (Fsp3) is 0.188. The lowest BCUT2D eigenvalue weighted by molar-refractivity contribution is 0.528. The Hall–Kier alpha value is -1.70. The standard InChI is InChI=1S/C16H14BrFN2/c1-11(15-8-14(17)6-7-16(15)18)20-10-13-4-2-12(9-19)3-5-13/h2-8,11,20H,10H2,1H3. The molecular formula is C16H14BrFN2. The van der Waals surface area contributed by atoms with E-state index < -0.39 is 0 Å². The van der Waals surface area contributed by atoms with Crippen molar-refractivity contribution < 1.29 is 4.39 Å². The number of hydrogen-bond acceptors (Lipinski definition) is 2. The third kappa shape index (κ3) is 3.66. The summed E-state index contributed by atoms with van der Waals surface area (Å²) in [6, 6.07) is 14.3. The van der Waals surface area contributed by atoms with E-state index in [0.29, 0.717) is 17.7 Å². The molecule has 2 aromatic carbocycles. The molecule has 0 spiro atoms. The van der Waals surface area contributed by atoms with Gasteiger partial charge in [-0.1, -0.05) is 28.1 Å². The second-order valence-corrected chi connectivity index (χ2v) is 5.49. The highest BCUT2D eigenvalue weighted by Gasteiger charge is 2.10. The highest BCUT2D eigenvalue weighted by atomic mass is 79.9. The molecule has 0 saturated heterocycles. The highest BCUT2D eigenvalue weighted by molar-refractivity contribution is 9.10. The van der Waals surface area contributed by atoms with Gasteiger partial charge < -0.3 is 5.32 Å². The van der Waals surface area contributed by atoms with E-state index in [4.69, 9.17) is 5.26 Å². The second kappa shape index (κ2) is 6.65. The molecule has 4 heteroatoms. The van der Waals surface area contributed by atoms with Crippen molar-refractivity contribution >= 4 is 15.9 Å². The lowest BCUT2D eigenvalue weighted by atomic mass is 10.1. The van der Waals surface area contributed by atoms with Crippen LogP contribution in [0.25, 0.3) is 0 Å². The van der Waals surface area contributed by atoms with E-state index in [-0.39, 0.29) is 11.9 Å². The molecule has 0 aromatic heterocycles. The average Bonchev–Trinajstić information content (AvgIpc) is 2.47. The number of nitrogens with zero attached hydrogens (tertiary/aromatic N) is 1. The zero-order valence-corrected chi connectivity index (χ0v) is 12.6. The van der Waals surface area contributed by atoms with E-state index in [1.54, 1.807) is 24.3 Å². The van der Waals surface area contributed by atoms with Gasteiger partial charge in [-0.25, -0.2) is 4.39 Å². The number of nitriles is 1. The molecule has 1 unspecified atom stereocenters. The van der Waals surface area contributed by atoms with Gasteiger partial charge in [0.2, 0.25) is 0 Å². The van der Waals surface area contributed by atoms with E-state index in [1.807, 2.05) is 19.1 Å². The van der Waals surface area contributed by atoms with Crippen molar-refractivity contribution in [1.82, 2.24) is 5.32 Å². The van der Waals surface area contributed by atoms with Crippen molar-refractivity contribution in [2.45, 2.75) is 19.5 Å². The molecule has 0 radical (unpaired) electrons. The normalized spacial score (nSPS) is 11.9. The third-order valence-corrected chi connectivity index (χ3v) is 3.61. The summed E-state index contributed by atoms with van der Waals surface area (Å²) in [4.78, 5) is 0. The van der Waals surface area contributed by atoms with Crippen molar-refractivity contribution in [1.29, 1.82) is 5.26 Å². The van der Waals surface area contributed by atoms with Crippen LogP contribution in [0.2, 0.25) is 0 Å². The molecule has 1 N–H and O–H groups in total. The molecule has 0 amide bonds. The van der Waals surface area contributed by atoms with Crippen LogP contribution in [0.1, 0.15) is 29.7 Å². The SMILES string of the molecule is CC(NCc1ccc(C#N)cc1)c1cc(Br)ccc1F. The first-order valence-electron chi connectivity index (χ1n) is 6.27. The maximum Gasteiger partial charge on any atom is 0.128 e. The van der Waals surface area contributed by atoms with Gasteiger partial charge in [-0.2, -0.15) is 5.26 Å². The fourth-order valence-corrected chi connectivity index (χ4v) is 2.30. The van der Waals surface area contributed by atoms with Crippen molar-refractivity contribution in [2.24, 2.45) is 0 Å². The lowest BCUT2D eigenvalue weighted by Gasteiger charge is -2.15. The topological polar surface area (TPSA) is 35.8 Å². The Balaban J connectivity index is 2.02. The summed E-state index contributed by atoms with van der Waals surface area (Å²) in [5, 5.41) is 12.0. The first-order chi connectivity index (χ1) is 9.60. The van der Waals surface area contributed by atoms with Gasteiger partial charge in [0.05, 0.1) is 11.6 Å². The molecule has 0 aliphatic rings. The van der Waals surface area contributed by atoms with E-state index in [1.165, 1.54) is 6.07 Å². The zero-order chi connectivity index (χ0) is 14.5. The van der Waals surface area contributed by atoms with Gasteiger partial charge in [0.15, 0.2) is 0 Å². The summed E-state index contributed by atoms with van der Waals surface area (Å²) in [6.45, 7) is 2.55. The first-order valence-corrected chi connectivity index (χ1v) is 7.07. The van der Waals surface area contributed by atoms with Crippen LogP contribution in [0.5, 0.6) is 0 Å². The monoisotopic (exact) mass is 332 g/mol. The van der Waals surface area contributed by atoms with E-state index >= 15 is 0 Å². The van der Waals surface area contributed by atoms with Gasteiger partial charge in [0, 0.05) is 22.6 Å². The third-order valence-electron chi connectivity index (χ3n) is 3.12. The maximum atomic E-state index is 13.7. The predicted octanol–water partition coefficient (Wildman–Crippen LogP) is 4.31. The van der Waals surface area contributed by atoms with Crippen LogP contribution < -0.4 is 5.32 Å². The highest BCUT2D eigenvalue weighted by Crippen LogP contribution is 2.21.